The molecule has 0 aromatic heterocycles. The van der Waals surface area contributed by atoms with Crippen LogP contribution in [-0.4, -0.2) is 41.5 Å². The van der Waals surface area contributed by atoms with Crippen LogP contribution >= 0.6 is 12.4 Å². The van der Waals surface area contributed by atoms with Crippen molar-refractivity contribution in [3.63, 3.8) is 0 Å². The van der Waals surface area contributed by atoms with Crippen LogP contribution in [0.3, 0.4) is 0 Å². The Morgan fingerprint density at radius 1 is 1.33 bits per heavy atom. The molecule has 2 N–H and O–H groups in total. The smallest absolute Gasteiger partial charge is 0.306 e. The number of likely N-dealkylation sites (tertiary alicyclic amines) is 1. The van der Waals surface area contributed by atoms with E-state index in [0.29, 0.717) is 32.5 Å². The maximum Gasteiger partial charge on any atom is 0.306 e. The third-order valence-electron chi connectivity index (χ3n) is 3.61. The van der Waals surface area contributed by atoms with E-state index in [1.54, 1.807) is 0 Å². The predicted octanol–water partition coefficient (Wildman–Crippen LogP) is 2.15. The van der Waals surface area contributed by atoms with Crippen LogP contribution < -0.4 is 5.32 Å². The van der Waals surface area contributed by atoms with Crippen LogP contribution in [-0.2, 0) is 9.59 Å². The average molecular weight is 313 g/mol. The van der Waals surface area contributed by atoms with Crippen molar-refractivity contribution < 1.29 is 14.7 Å². The summed E-state index contributed by atoms with van der Waals surface area (Å²) >= 11 is 0. The molecule has 2 rings (SSSR count). The third kappa shape index (κ3) is 5.36. The first-order valence-corrected chi connectivity index (χ1v) is 6.86. The highest BCUT2D eigenvalue weighted by atomic mass is 35.5. The van der Waals surface area contributed by atoms with Gasteiger partial charge in [0.25, 0.3) is 0 Å². The molecule has 1 aliphatic rings. The Morgan fingerprint density at radius 3 is 2.57 bits per heavy atom. The molecule has 1 aliphatic heterocycles. The highest BCUT2D eigenvalue weighted by Crippen LogP contribution is 2.17. The van der Waals surface area contributed by atoms with Crippen molar-refractivity contribution in [2.75, 3.05) is 25.0 Å². The van der Waals surface area contributed by atoms with Crippen LogP contribution in [0.25, 0.3) is 0 Å². The van der Waals surface area contributed by atoms with Crippen molar-refractivity contribution in [2.24, 2.45) is 5.92 Å². The maximum atomic E-state index is 11.9. The SMILES string of the molecule is Cc1cccc(NC(=O)CN2CCC(C(=O)O)CC2)c1.Cl. The first-order valence-electron chi connectivity index (χ1n) is 6.86. The van der Waals surface area contributed by atoms with E-state index in [1.807, 2.05) is 36.1 Å². The zero-order valence-electron chi connectivity index (χ0n) is 12.0. The van der Waals surface area contributed by atoms with E-state index in [2.05, 4.69) is 5.32 Å². The third-order valence-corrected chi connectivity index (χ3v) is 3.61. The Morgan fingerprint density at radius 2 is 2.00 bits per heavy atom. The summed E-state index contributed by atoms with van der Waals surface area (Å²) in [6, 6.07) is 7.67. The first kappa shape index (κ1) is 17.5. The highest BCUT2D eigenvalue weighted by molar-refractivity contribution is 5.92. The van der Waals surface area contributed by atoms with Gasteiger partial charge in [-0.05, 0) is 50.6 Å². The molecule has 5 nitrogen and oxygen atoms in total. The van der Waals surface area contributed by atoms with Crippen LogP contribution in [0, 0.1) is 12.8 Å². The number of amides is 1. The summed E-state index contributed by atoms with van der Waals surface area (Å²) in [6.07, 6.45) is 1.24. The average Bonchev–Trinajstić information content (AvgIpc) is 2.39. The molecule has 0 bridgehead atoms. The summed E-state index contributed by atoms with van der Waals surface area (Å²) in [5.41, 5.74) is 1.90. The van der Waals surface area contributed by atoms with E-state index in [4.69, 9.17) is 5.11 Å². The van der Waals surface area contributed by atoms with Crippen molar-refractivity contribution in [3.8, 4) is 0 Å². The van der Waals surface area contributed by atoms with E-state index in [-0.39, 0.29) is 24.2 Å². The van der Waals surface area contributed by atoms with Crippen LogP contribution in [0.1, 0.15) is 18.4 Å². The number of nitrogens with zero attached hydrogens (tertiary/aromatic N) is 1. The Kier molecular flexibility index (Phi) is 6.65. The molecule has 0 atom stereocenters. The molecule has 1 heterocycles. The Balaban J connectivity index is 0.00000220. The molecule has 1 saturated heterocycles. The summed E-state index contributed by atoms with van der Waals surface area (Å²) in [5.74, 6) is -1.04. The summed E-state index contributed by atoms with van der Waals surface area (Å²) in [4.78, 5) is 24.8. The summed E-state index contributed by atoms with van der Waals surface area (Å²) in [7, 11) is 0. The van der Waals surface area contributed by atoms with Crippen molar-refractivity contribution in [1.29, 1.82) is 0 Å². The Labute approximate surface area is 130 Å². The number of anilines is 1. The van der Waals surface area contributed by atoms with Gasteiger partial charge in [-0.25, -0.2) is 0 Å². The van der Waals surface area contributed by atoms with Gasteiger partial charge in [0.1, 0.15) is 0 Å². The molecule has 1 fully saturated rings. The van der Waals surface area contributed by atoms with Gasteiger partial charge in [-0.15, -0.1) is 12.4 Å². The molecule has 116 valence electrons. The number of benzene rings is 1. The fourth-order valence-electron chi connectivity index (χ4n) is 2.46. The lowest BCUT2D eigenvalue weighted by Gasteiger charge is -2.29. The molecule has 0 saturated carbocycles. The lowest BCUT2D eigenvalue weighted by molar-refractivity contribution is -0.143. The minimum Gasteiger partial charge on any atom is -0.481 e. The highest BCUT2D eigenvalue weighted by Gasteiger charge is 2.25. The second kappa shape index (κ2) is 8.00. The monoisotopic (exact) mass is 312 g/mol. The first-order chi connectivity index (χ1) is 9.54. The van der Waals surface area contributed by atoms with Crippen molar-refractivity contribution >= 4 is 30.0 Å². The van der Waals surface area contributed by atoms with Crippen LogP contribution in [0.15, 0.2) is 24.3 Å². The number of carboxylic acid groups (broad SMARTS) is 1. The van der Waals surface area contributed by atoms with Gasteiger partial charge in [0.05, 0.1) is 12.5 Å². The number of rotatable bonds is 4. The topological polar surface area (TPSA) is 69.6 Å². The number of carbonyl (C=O) groups is 2. The number of aryl methyl sites for hydroxylation is 1. The maximum absolute atomic E-state index is 11.9. The van der Waals surface area contributed by atoms with Gasteiger partial charge in [-0.3, -0.25) is 14.5 Å². The fourth-order valence-corrected chi connectivity index (χ4v) is 2.46. The lowest BCUT2D eigenvalue weighted by Crippen LogP contribution is -2.40. The fraction of sp³-hybridized carbons (Fsp3) is 0.467. The van der Waals surface area contributed by atoms with Crippen molar-refractivity contribution in [1.82, 2.24) is 4.90 Å². The molecule has 21 heavy (non-hydrogen) atoms. The van der Waals surface area contributed by atoms with Crippen LogP contribution in [0.5, 0.6) is 0 Å². The quantitative estimate of drug-likeness (QED) is 0.894. The zero-order chi connectivity index (χ0) is 14.5. The Bertz CT molecular complexity index is 499. The Hall–Kier alpha value is -1.59. The summed E-state index contributed by atoms with van der Waals surface area (Å²) in [6.45, 7) is 3.63. The van der Waals surface area contributed by atoms with Crippen LogP contribution in [0.4, 0.5) is 5.69 Å². The van der Waals surface area contributed by atoms with Gasteiger partial charge in [-0.1, -0.05) is 12.1 Å². The number of nitrogens with one attached hydrogen (secondary N) is 1. The molecule has 0 radical (unpaired) electrons. The minimum absolute atomic E-state index is 0. The molecular weight excluding hydrogens is 292 g/mol. The van der Waals surface area contributed by atoms with E-state index < -0.39 is 5.97 Å². The van der Waals surface area contributed by atoms with Gasteiger partial charge in [0.2, 0.25) is 5.91 Å². The van der Waals surface area contributed by atoms with Crippen LogP contribution in [0.2, 0.25) is 0 Å². The molecule has 0 aliphatic carbocycles. The number of halogens is 1. The number of hydrogen-bond acceptors (Lipinski definition) is 3. The molecule has 1 aromatic rings. The predicted molar refractivity (Wildman–Crippen MR) is 83.9 cm³/mol. The number of hydrogen-bond donors (Lipinski definition) is 2. The standard InChI is InChI=1S/C15H20N2O3.ClH/c1-11-3-2-4-13(9-11)16-14(18)10-17-7-5-12(6-8-17)15(19)20;/h2-4,9,12H,5-8,10H2,1H3,(H,16,18)(H,19,20);1H. The van der Waals surface area contributed by atoms with E-state index in [0.717, 1.165) is 11.3 Å². The van der Waals surface area contributed by atoms with E-state index in [1.165, 1.54) is 0 Å². The molecular formula is C15H21ClN2O3. The molecule has 1 amide bonds. The number of carbonyl (C=O) groups excluding carboxylic acids is 1. The summed E-state index contributed by atoms with van der Waals surface area (Å²) < 4.78 is 0. The molecule has 6 heteroatoms. The second-order valence-corrected chi connectivity index (χ2v) is 5.31. The number of aliphatic carboxylic acids is 1. The van der Waals surface area contributed by atoms with Gasteiger partial charge in [-0.2, -0.15) is 0 Å². The molecule has 0 unspecified atom stereocenters. The van der Waals surface area contributed by atoms with Crippen molar-refractivity contribution in [2.45, 2.75) is 19.8 Å². The zero-order valence-corrected chi connectivity index (χ0v) is 12.9. The number of piperidine rings is 1. The lowest BCUT2D eigenvalue weighted by atomic mass is 9.97. The van der Waals surface area contributed by atoms with Gasteiger partial charge in [0.15, 0.2) is 0 Å². The number of carboxylic acids is 1. The molecule has 1 aromatic carbocycles. The largest absolute Gasteiger partial charge is 0.481 e. The minimum atomic E-state index is -0.728. The van der Waals surface area contributed by atoms with Gasteiger partial charge < -0.3 is 10.4 Å². The van der Waals surface area contributed by atoms with Crippen molar-refractivity contribution in [3.05, 3.63) is 29.8 Å². The normalized spacial score (nSPS) is 16.0. The van der Waals surface area contributed by atoms with Gasteiger partial charge >= 0.3 is 5.97 Å². The second-order valence-electron chi connectivity index (χ2n) is 5.31. The molecule has 0 spiro atoms. The van der Waals surface area contributed by atoms with Gasteiger partial charge in [0, 0.05) is 5.69 Å². The summed E-state index contributed by atoms with van der Waals surface area (Å²) in [5, 5.41) is 11.8. The van der Waals surface area contributed by atoms with E-state index >= 15 is 0 Å². The van der Waals surface area contributed by atoms with E-state index in [9.17, 15) is 9.59 Å².